The van der Waals surface area contributed by atoms with Gasteiger partial charge >= 0.3 is 0 Å². The summed E-state index contributed by atoms with van der Waals surface area (Å²) in [6, 6.07) is 3.83. The van der Waals surface area contributed by atoms with Gasteiger partial charge in [0.05, 0.1) is 0 Å². The quantitative estimate of drug-likeness (QED) is 0.872. The molecule has 0 aromatic heterocycles. The molecule has 1 nitrogen and oxygen atoms in total. The second kappa shape index (κ2) is 5.05. The second-order valence-corrected chi connectivity index (χ2v) is 8.18. The van der Waals surface area contributed by atoms with Gasteiger partial charge in [-0.1, -0.05) is 0 Å². The molecule has 0 bridgehead atoms. The van der Waals surface area contributed by atoms with E-state index in [1.165, 1.54) is 24.6 Å². The summed E-state index contributed by atoms with van der Waals surface area (Å²) in [5.41, 5.74) is 0.683. The first-order chi connectivity index (χ1) is 9.76. The molecule has 1 aromatic rings. The first-order valence-electron chi connectivity index (χ1n) is 7.95. The molecule has 0 radical (unpaired) electrons. The van der Waals surface area contributed by atoms with Crippen LogP contribution in [0.5, 0.6) is 0 Å². The Hall–Kier alpha value is -0.960. The predicted molar refractivity (Wildman–Crippen MR) is 81.1 cm³/mol. The molecule has 2 aliphatic carbocycles. The molecule has 116 valence electrons. The third-order valence-corrected chi connectivity index (χ3v) is 5.03. The molecule has 2 fully saturated rings. The summed E-state index contributed by atoms with van der Waals surface area (Å²) in [6.45, 7) is 7.34. The van der Waals surface area contributed by atoms with Crippen molar-refractivity contribution in [3.05, 3.63) is 35.4 Å². The summed E-state index contributed by atoms with van der Waals surface area (Å²) < 4.78 is 27.4. The SMILES string of the molecule is CC(C)(C)NCC1(Cc2cc(F)ccc2F)CC2CC2C1. The molecule has 0 spiro atoms. The van der Waals surface area contributed by atoms with Crippen molar-refractivity contribution in [1.82, 2.24) is 5.32 Å². The molecule has 21 heavy (non-hydrogen) atoms. The standard InChI is InChI=1S/C18H25F2N/c1-17(2,3)21-11-18(8-12-6-13(12)9-18)10-14-7-15(19)4-5-16(14)20/h4-5,7,12-13,21H,6,8-11H2,1-3H3. The van der Waals surface area contributed by atoms with Gasteiger partial charge in [0, 0.05) is 12.1 Å². The molecule has 3 heteroatoms. The van der Waals surface area contributed by atoms with E-state index in [9.17, 15) is 8.78 Å². The summed E-state index contributed by atoms with van der Waals surface area (Å²) in [5.74, 6) is 1.03. The van der Waals surface area contributed by atoms with Crippen LogP contribution in [0.15, 0.2) is 18.2 Å². The van der Waals surface area contributed by atoms with E-state index >= 15 is 0 Å². The second-order valence-electron chi connectivity index (χ2n) is 8.18. The number of fused-ring (bicyclic) bond motifs is 1. The van der Waals surface area contributed by atoms with Gasteiger partial charge in [-0.3, -0.25) is 0 Å². The largest absolute Gasteiger partial charge is 0.312 e. The van der Waals surface area contributed by atoms with Crippen molar-refractivity contribution in [2.75, 3.05) is 6.54 Å². The summed E-state index contributed by atoms with van der Waals surface area (Å²) in [5, 5.41) is 3.58. The summed E-state index contributed by atoms with van der Waals surface area (Å²) in [6.07, 6.45) is 4.28. The first kappa shape index (κ1) is 15.0. The molecule has 0 heterocycles. The lowest BCUT2D eigenvalue weighted by molar-refractivity contribution is 0.220. The van der Waals surface area contributed by atoms with Gasteiger partial charge in [0.1, 0.15) is 11.6 Å². The molecular weight excluding hydrogens is 268 g/mol. The van der Waals surface area contributed by atoms with Crippen LogP contribution in [0.2, 0.25) is 0 Å². The van der Waals surface area contributed by atoms with Gasteiger partial charge in [0.25, 0.3) is 0 Å². The van der Waals surface area contributed by atoms with E-state index in [4.69, 9.17) is 0 Å². The van der Waals surface area contributed by atoms with Gasteiger partial charge in [-0.15, -0.1) is 0 Å². The van der Waals surface area contributed by atoms with Crippen LogP contribution in [-0.2, 0) is 6.42 Å². The molecule has 0 amide bonds. The fraction of sp³-hybridized carbons (Fsp3) is 0.667. The molecule has 3 rings (SSSR count). The Kier molecular flexibility index (Phi) is 3.59. The van der Waals surface area contributed by atoms with Crippen LogP contribution in [0.1, 0.15) is 45.6 Å². The lowest BCUT2D eigenvalue weighted by atomic mass is 9.76. The zero-order valence-corrected chi connectivity index (χ0v) is 13.2. The van der Waals surface area contributed by atoms with Crippen LogP contribution < -0.4 is 5.32 Å². The Morgan fingerprint density at radius 1 is 1.19 bits per heavy atom. The molecule has 0 saturated heterocycles. The minimum atomic E-state index is -0.339. The van der Waals surface area contributed by atoms with Crippen molar-refractivity contribution in [3.8, 4) is 0 Å². The van der Waals surface area contributed by atoms with Gasteiger partial charge in [0.2, 0.25) is 0 Å². The van der Waals surface area contributed by atoms with E-state index in [2.05, 4.69) is 26.1 Å². The van der Waals surface area contributed by atoms with Crippen molar-refractivity contribution < 1.29 is 8.78 Å². The molecule has 1 aromatic carbocycles. The third-order valence-electron chi connectivity index (χ3n) is 5.03. The highest BCUT2D eigenvalue weighted by Crippen LogP contribution is 2.60. The first-order valence-corrected chi connectivity index (χ1v) is 7.95. The number of halogens is 2. The highest BCUT2D eigenvalue weighted by molar-refractivity contribution is 5.22. The van der Waals surface area contributed by atoms with Gasteiger partial charge in [-0.05, 0) is 87.5 Å². The van der Waals surface area contributed by atoms with E-state index in [1.807, 2.05) is 0 Å². The summed E-state index contributed by atoms with van der Waals surface area (Å²) in [4.78, 5) is 0. The number of benzene rings is 1. The number of nitrogens with one attached hydrogen (secondary N) is 1. The predicted octanol–water partition coefficient (Wildman–Crippen LogP) is 4.31. The fourth-order valence-corrected chi connectivity index (χ4v) is 3.89. The molecule has 2 saturated carbocycles. The van der Waals surface area contributed by atoms with E-state index in [0.29, 0.717) is 12.0 Å². The normalized spacial score (nSPS) is 31.3. The smallest absolute Gasteiger partial charge is 0.126 e. The third kappa shape index (κ3) is 3.45. The van der Waals surface area contributed by atoms with Gasteiger partial charge in [-0.25, -0.2) is 8.78 Å². The van der Waals surface area contributed by atoms with Gasteiger partial charge < -0.3 is 5.32 Å². The lowest BCUT2D eigenvalue weighted by Crippen LogP contribution is -2.44. The molecule has 2 unspecified atom stereocenters. The van der Waals surface area contributed by atoms with Crippen molar-refractivity contribution >= 4 is 0 Å². The summed E-state index contributed by atoms with van der Waals surface area (Å²) >= 11 is 0. The van der Waals surface area contributed by atoms with E-state index in [-0.39, 0.29) is 22.6 Å². The maximum Gasteiger partial charge on any atom is 0.126 e. The molecule has 0 aliphatic heterocycles. The lowest BCUT2D eigenvalue weighted by Gasteiger charge is -2.35. The topological polar surface area (TPSA) is 12.0 Å². The minimum Gasteiger partial charge on any atom is -0.312 e. The number of hydrogen-bond donors (Lipinski definition) is 1. The Labute approximate surface area is 126 Å². The van der Waals surface area contributed by atoms with E-state index in [1.54, 1.807) is 0 Å². The molecule has 2 aliphatic rings. The van der Waals surface area contributed by atoms with Crippen LogP contribution in [-0.4, -0.2) is 12.1 Å². The van der Waals surface area contributed by atoms with Gasteiger partial charge in [0.15, 0.2) is 0 Å². The maximum absolute atomic E-state index is 14.0. The highest BCUT2D eigenvalue weighted by Gasteiger charge is 2.53. The van der Waals surface area contributed by atoms with Crippen molar-refractivity contribution in [3.63, 3.8) is 0 Å². The van der Waals surface area contributed by atoms with Crippen LogP contribution >= 0.6 is 0 Å². The average molecular weight is 293 g/mol. The van der Waals surface area contributed by atoms with Crippen LogP contribution in [0.3, 0.4) is 0 Å². The van der Waals surface area contributed by atoms with Gasteiger partial charge in [-0.2, -0.15) is 0 Å². The zero-order chi connectivity index (χ0) is 15.3. The minimum absolute atomic E-state index is 0.0558. The molecule has 2 atom stereocenters. The highest BCUT2D eigenvalue weighted by atomic mass is 19.1. The summed E-state index contributed by atoms with van der Waals surface area (Å²) in [7, 11) is 0. The van der Waals surface area contributed by atoms with Crippen LogP contribution in [0, 0.1) is 28.9 Å². The van der Waals surface area contributed by atoms with Crippen molar-refractivity contribution in [2.24, 2.45) is 17.3 Å². The maximum atomic E-state index is 14.0. The van der Waals surface area contributed by atoms with Crippen LogP contribution in [0.25, 0.3) is 0 Å². The van der Waals surface area contributed by atoms with Crippen LogP contribution in [0.4, 0.5) is 8.78 Å². The Morgan fingerprint density at radius 2 is 1.86 bits per heavy atom. The van der Waals surface area contributed by atoms with E-state index < -0.39 is 0 Å². The molecular formula is C18H25F2N. The van der Waals surface area contributed by atoms with E-state index in [0.717, 1.165) is 31.2 Å². The Bertz CT molecular complexity index is 523. The number of hydrogen-bond acceptors (Lipinski definition) is 1. The Balaban J connectivity index is 1.78. The van der Waals surface area contributed by atoms with Crippen molar-refractivity contribution in [1.29, 1.82) is 0 Å². The number of rotatable bonds is 4. The molecule has 1 N–H and O–H groups in total. The Morgan fingerprint density at radius 3 is 2.48 bits per heavy atom. The van der Waals surface area contributed by atoms with Crippen molar-refractivity contribution in [2.45, 2.75) is 52.0 Å². The zero-order valence-electron chi connectivity index (χ0n) is 13.2. The average Bonchev–Trinajstić information content (AvgIpc) is 2.99. The monoisotopic (exact) mass is 293 g/mol. The fourth-order valence-electron chi connectivity index (χ4n) is 3.89.